The van der Waals surface area contributed by atoms with Gasteiger partial charge in [0, 0.05) is 10.0 Å². The molecule has 0 aromatic heterocycles. The summed E-state index contributed by atoms with van der Waals surface area (Å²) in [4.78, 5) is 12.1. The van der Waals surface area contributed by atoms with Crippen molar-refractivity contribution in [1.29, 1.82) is 0 Å². The molecule has 4 nitrogen and oxygen atoms in total. The molecule has 0 aliphatic carbocycles. The Balaban J connectivity index is 2.29. The summed E-state index contributed by atoms with van der Waals surface area (Å²) in [7, 11) is 0. The van der Waals surface area contributed by atoms with Crippen molar-refractivity contribution in [2.24, 2.45) is 0 Å². The van der Waals surface area contributed by atoms with E-state index in [-0.39, 0.29) is 19.1 Å². The lowest BCUT2D eigenvalue weighted by molar-refractivity contribution is 0.0724. The number of nitrogens with one attached hydrogen (secondary N) is 1. The van der Waals surface area contributed by atoms with Crippen molar-refractivity contribution >= 4 is 32.6 Å². The molecule has 0 saturated carbocycles. The van der Waals surface area contributed by atoms with Crippen LogP contribution in [0.5, 0.6) is 0 Å². The Hall–Kier alpha value is -1.43. The van der Waals surface area contributed by atoms with E-state index in [1.807, 2.05) is 24.3 Å². The molecule has 0 saturated heterocycles. The summed E-state index contributed by atoms with van der Waals surface area (Å²) >= 11 is 3.40. The molecule has 2 aromatic rings. The average molecular weight is 338 g/mol. The third kappa shape index (κ3) is 3.17. The van der Waals surface area contributed by atoms with Gasteiger partial charge in [-0.25, -0.2) is 0 Å². The van der Waals surface area contributed by atoms with Crippen LogP contribution in [0, 0.1) is 0 Å². The van der Waals surface area contributed by atoms with E-state index in [1.165, 1.54) is 0 Å². The van der Waals surface area contributed by atoms with Crippen molar-refractivity contribution in [2.75, 3.05) is 13.2 Å². The fourth-order valence-corrected chi connectivity index (χ4v) is 2.21. The first-order valence-electron chi connectivity index (χ1n) is 6.21. The number of aliphatic hydroxyl groups is 2. The number of benzene rings is 2. The summed E-state index contributed by atoms with van der Waals surface area (Å²) in [5, 5.41) is 23.0. The number of fused-ring (bicyclic) bond motifs is 1. The molecular formula is C15H16BrNO3. The van der Waals surface area contributed by atoms with Crippen LogP contribution < -0.4 is 5.32 Å². The first-order valence-corrected chi connectivity index (χ1v) is 7.00. The quantitative estimate of drug-likeness (QED) is 0.799. The minimum atomic E-state index is -1.02. The zero-order chi connectivity index (χ0) is 14.8. The third-order valence-corrected chi connectivity index (χ3v) is 3.67. The third-order valence-electron chi connectivity index (χ3n) is 3.18. The molecule has 0 aliphatic heterocycles. The van der Waals surface area contributed by atoms with Crippen LogP contribution in [0.15, 0.2) is 40.9 Å². The molecule has 0 radical (unpaired) electrons. The van der Waals surface area contributed by atoms with E-state index < -0.39 is 5.54 Å². The zero-order valence-corrected chi connectivity index (χ0v) is 12.6. The van der Waals surface area contributed by atoms with E-state index in [0.29, 0.717) is 5.56 Å². The molecule has 3 N–H and O–H groups in total. The van der Waals surface area contributed by atoms with Crippen LogP contribution in [0.4, 0.5) is 0 Å². The largest absolute Gasteiger partial charge is 0.394 e. The molecular weight excluding hydrogens is 322 g/mol. The molecule has 20 heavy (non-hydrogen) atoms. The number of hydrogen-bond donors (Lipinski definition) is 3. The van der Waals surface area contributed by atoms with Gasteiger partial charge < -0.3 is 15.5 Å². The maximum atomic E-state index is 12.1. The van der Waals surface area contributed by atoms with Crippen LogP contribution in [-0.2, 0) is 0 Å². The Morgan fingerprint density at radius 2 is 1.75 bits per heavy atom. The number of carbonyl (C=O) groups excluding carboxylic acids is 1. The van der Waals surface area contributed by atoms with E-state index in [1.54, 1.807) is 19.1 Å². The maximum absolute atomic E-state index is 12.1. The second-order valence-electron chi connectivity index (χ2n) is 5.04. The van der Waals surface area contributed by atoms with Crippen molar-refractivity contribution in [3.8, 4) is 0 Å². The number of aliphatic hydroxyl groups excluding tert-OH is 2. The summed E-state index contributed by atoms with van der Waals surface area (Å²) in [5.74, 6) is -0.319. The van der Waals surface area contributed by atoms with E-state index >= 15 is 0 Å². The van der Waals surface area contributed by atoms with Gasteiger partial charge in [-0.2, -0.15) is 0 Å². The molecule has 0 aliphatic rings. The molecule has 5 heteroatoms. The van der Waals surface area contributed by atoms with Gasteiger partial charge in [-0.3, -0.25) is 4.79 Å². The van der Waals surface area contributed by atoms with Gasteiger partial charge in [0.25, 0.3) is 5.91 Å². The topological polar surface area (TPSA) is 69.6 Å². The highest BCUT2D eigenvalue weighted by Gasteiger charge is 2.25. The second kappa shape index (κ2) is 5.91. The van der Waals surface area contributed by atoms with Gasteiger partial charge in [-0.05, 0) is 42.0 Å². The molecule has 0 spiro atoms. The van der Waals surface area contributed by atoms with E-state index in [9.17, 15) is 15.0 Å². The van der Waals surface area contributed by atoms with Gasteiger partial charge in [0.15, 0.2) is 0 Å². The normalized spacial score (nSPS) is 11.6. The maximum Gasteiger partial charge on any atom is 0.251 e. The van der Waals surface area contributed by atoms with Crippen LogP contribution in [0.25, 0.3) is 10.8 Å². The molecule has 2 aromatic carbocycles. The van der Waals surface area contributed by atoms with E-state index in [2.05, 4.69) is 21.2 Å². The minimum Gasteiger partial charge on any atom is -0.394 e. The Morgan fingerprint density at radius 1 is 1.15 bits per heavy atom. The van der Waals surface area contributed by atoms with Crippen molar-refractivity contribution < 1.29 is 15.0 Å². The summed E-state index contributed by atoms with van der Waals surface area (Å²) in [6.45, 7) is 0.939. The van der Waals surface area contributed by atoms with Gasteiger partial charge >= 0.3 is 0 Å². The lowest BCUT2D eigenvalue weighted by Gasteiger charge is -2.26. The molecule has 0 fully saturated rings. The fourth-order valence-electron chi connectivity index (χ4n) is 1.83. The van der Waals surface area contributed by atoms with Gasteiger partial charge in [-0.1, -0.05) is 28.1 Å². The summed E-state index contributed by atoms with van der Waals surface area (Å²) in [5.41, 5.74) is -0.529. The van der Waals surface area contributed by atoms with Crippen molar-refractivity contribution in [3.63, 3.8) is 0 Å². The highest BCUT2D eigenvalue weighted by molar-refractivity contribution is 9.10. The Labute approximate surface area is 125 Å². The van der Waals surface area contributed by atoms with Gasteiger partial charge in [0.05, 0.1) is 18.8 Å². The van der Waals surface area contributed by atoms with Crippen LogP contribution in [0.3, 0.4) is 0 Å². The Kier molecular flexibility index (Phi) is 4.42. The van der Waals surface area contributed by atoms with Crippen LogP contribution in [0.1, 0.15) is 17.3 Å². The minimum absolute atomic E-state index is 0.319. The monoisotopic (exact) mass is 337 g/mol. The molecule has 2 rings (SSSR count). The predicted molar refractivity (Wildman–Crippen MR) is 81.7 cm³/mol. The smallest absolute Gasteiger partial charge is 0.251 e. The molecule has 106 valence electrons. The van der Waals surface area contributed by atoms with E-state index in [0.717, 1.165) is 15.2 Å². The molecule has 0 unspecified atom stereocenters. The molecule has 0 bridgehead atoms. The van der Waals surface area contributed by atoms with Crippen LogP contribution >= 0.6 is 15.9 Å². The number of amides is 1. The first-order chi connectivity index (χ1) is 9.47. The highest BCUT2D eigenvalue weighted by Crippen LogP contribution is 2.21. The van der Waals surface area contributed by atoms with Gasteiger partial charge in [0.2, 0.25) is 0 Å². The molecule has 0 heterocycles. The average Bonchev–Trinajstić information content (AvgIpc) is 2.46. The van der Waals surface area contributed by atoms with Crippen molar-refractivity contribution in [3.05, 3.63) is 46.4 Å². The first kappa shape index (κ1) is 15.0. The summed E-state index contributed by atoms with van der Waals surface area (Å²) < 4.78 is 0.982. The fraction of sp³-hybridized carbons (Fsp3) is 0.267. The Bertz CT molecular complexity index is 638. The highest BCUT2D eigenvalue weighted by atomic mass is 79.9. The van der Waals surface area contributed by atoms with Gasteiger partial charge in [-0.15, -0.1) is 0 Å². The van der Waals surface area contributed by atoms with Crippen LogP contribution in [-0.4, -0.2) is 34.9 Å². The van der Waals surface area contributed by atoms with Crippen molar-refractivity contribution in [1.82, 2.24) is 5.32 Å². The molecule has 1 amide bonds. The summed E-state index contributed by atoms with van der Waals surface area (Å²) in [6.07, 6.45) is 0. The summed E-state index contributed by atoms with van der Waals surface area (Å²) in [6, 6.07) is 11.2. The lowest BCUT2D eigenvalue weighted by Crippen LogP contribution is -2.51. The number of halogens is 1. The second-order valence-corrected chi connectivity index (χ2v) is 5.95. The van der Waals surface area contributed by atoms with Gasteiger partial charge in [0.1, 0.15) is 0 Å². The zero-order valence-electron chi connectivity index (χ0n) is 11.1. The number of rotatable bonds is 4. The van der Waals surface area contributed by atoms with E-state index in [4.69, 9.17) is 0 Å². The van der Waals surface area contributed by atoms with Crippen LogP contribution in [0.2, 0.25) is 0 Å². The lowest BCUT2D eigenvalue weighted by atomic mass is 10.0. The SMILES string of the molecule is CC(CO)(CO)NC(=O)c1ccc2cc(Br)ccc2c1. The number of carbonyl (C=O) groups is 1. The Morgan fingerprint density at radius 3 is 2.40 bits per heavy atom. The predicted octanol–water partition coefficient (Wildman–Crippen LogP) is 2.08. The van der Waals surface area contributed by atoms with Crippen molar-refractivity contribution in [2.45, 2.75) is 12.5 Å². The molecule has 0 atom stereocenters. The number of hydrogen-bond acceptors (Lipinski definition) is 3. The standard InChI is InChI=1S/C15H16BrNO3/c1-15(8-18,9-19)17-14(20)12-3-2-11-7-13(16)5-4-10(11)6-12/h2-7,18-19H,8-9H2,1H3,(H,17,20).